The quantitative estimate of drug-likeness (QED) is 0.796. The van der Waals surface area contributed by atoms with Crippen LogP contribution in [0.15, 0.2) is 34.8 Å². The summed E-state index contributed by atoms with van der Waals surface area (Å²) in [7, 11) is 0. The molecule has 5 heteroatoms. The van der Waals surface area contributed by atoms with Gasteiger partial charge in [0.25, 0.3) is 0 Å². The van der Waals surface area contributed by atoms with Crippen molar-refractivity contribution in [3.63, 3.8) is 0 Å². The summed E-state index contributed by atoms with van der Waals surface area (Å²) in [6.45, 7) is 4.43. The van der Waals surface area contributed by atoms with Gasteiger partial charge in [0.1, 0.15) is 5.82 Å². The van der Waals surface area contributed by atoms with Crippen LogP contribution in [0.25, 0.3) is 0 Å². The van der Waals surface area contributed by atoms with Crippen molar-refractivity contribution >= 4 is 33.2 Å². The lowest BCUT2D eigenvalue weighted by Crippen LogP contribution is -2.21. The second-order valence-electron chi connectivity index (χ2n) is 5.02. The Labute approximate surface area is 137 Å². The molecule has 0 saturated heterocycles. The fraction of sp³-hybridized carbons (Fsp3) is 0.250. The molecular formula is C16H17BrClFN2. The number of hydrogen-bond acceptors (Lipinski definition) is 2. The average molecular weight is 372 g/mol. The molecule has 2 aromatic rings. The Morgan fingerprint density at radius 1 is 1.24 bits per heavy atom. The first-order valence-corrected chi connectivity index (χ1v) is 7.77. The summed E-state index contributed by atoms with van der Waals surface area (Å²) < 4.78 is 14.2. The van der Waals surface area contributed by atoms with Crippen LogP contribution in [-0.4, -0.2) is 6.54 Å². The molecule has 0 radical (unpaired) electrons. The van der Waals surface area contributed by atoms with E-state index in [-0.39, 0.29) is 11.9 Å². The molecule has 2 rings (SSSR count). The van der Waals surface area contributed by atoms with Crippen molar-refractivity contribution in [2.24, 2.45) is 5.73 Å². The molecule has 21 heavy (non-hydrogen) atoms. The predicted molar refractivity (Wildman–Crippen MR) is 90.4 cm³/mol. The van der Waals surface area contributed by atoms with Gasteiger partial charge in [0, 0.05) is 21.7 Å². The van der Waals surface area contributed by atoms with Gasteiger partial charge in [-0.15, -0.1) is 0 Å². The highest BCUT2D eigenvalue weighted by molar-refractivity contribution is 9.10. The van der Waals surface area contributed by atoms with Gasteiger partial charge in [-0.25, -0.2) is 4.39 Å². The first-order valence-electron chi connectivity index (χ1n) is 6.60. The number of rotatable bonds is 4. The highest BCUT2D eigenvalue weighted by Crippen LogP contribution is 2.29. The standard InChI is InChI=1S/C16H17BrClFN2/c1-9-5-12(6-10(2)16(9)17)21-15(8-20)13-4-3-11(19)7-14(13)18/h3-7,15,21H,8,20H2,1-2H3. The average Bonchev–Trinajstić information content (AvgIpc) is 2.42. The van der Waals surface area contributed by atoms with Gasteiger partial charge < -0.3 is 11.1 Å². The molecule has 2 nitrogen and oxygen atoms in total. The van der Waals surface area contributed by atoms with Gasteiger partial charge in [-0.2, -0.15) is 0 Å². The van der Waals surface area contributed by atoms with Gasteiger partial charge in [0.15, 0.2) is 0 Å². The Bertz CT molecular complexity index is 638. The molecule has 0 fully saturated rings. The molecular weight excluding hydrogens is 355 g/mol. The van der Waals surface area contributed by atoms with E-state index < -0.39 is 0 Å². The first kappa shape index (κ1) is 16.3. The molecule has 0 aliphatic carbocycles. The summed E-state index contributed by atoms with van der Waals surface area (Å²) >= 11 is 9.66. The van der Waals surface area contributed by atoms with Gasteiger partial charge in [0.05, 0.1) is 6.04 Å². The molecule has 3 N–H and O–H groups in total. The minimum Gasteiger partial charge on any atom is -0.377 e. The van der Waals surface area contributed by atoms with E-state index in [0.29, 0.717) is 11.6 Å². The zero-order valence-electron chi connectivity index (χ0n) is 11.9. The molecule has 112 valence electrons. The molecule has 0 aliphatic heterocycles. The van der Waals surface area contributed by atoms with E-state index in [1.54, 1.807) is 6.07 Å². The zero-order chi connectivity index (χ0) is 15.6. The number of nitrogens with one attached hydrogen (secondary N) is 1. The van der Waals surface area contributed by atoms with Crippen LogP contribution in [0.5, 0.6) is 0 Å². The second kappa shape index (κ2) is 6.77. The fourth-order valence-corrected chi connectivity index (χ4v) is 2.81. The Kier molecular flexibility index (Phi) is 5.25. The molecule has 1 atom stereocenters. The number of hydrogen-bond donors (Lipinski definition) is 2. The summed E-state index contributed by atoms with van der Waals surface area (Å²) in [5.41, 5.74) is 9.87. The van der Waals surface area contributed by atoms with Crippen LogP contribution in [0.3, 0.4) is 0 Å². The van der Waals surface area contributed by atoms with E-state index in [0.717, 1.165) is 26.9 Å². The number of anilines is 1. The van der Waals surface area contributed by atoms with Crippen LogP contribution >= 0.6 is 27.5 Å². The van der Waals surface area contributed by atoms with Crippen LogP contribution in [0.4, 0.5) is 10.1 Å². The molecule has 0 aromatic heterocycles. The van der Waals surface area contributed by atoms with Crippen molar-refractivity contribution < 1.29 is 4.39 Å². The molecule has 0 bridgehead atoms. The van der Waals surface area contributed by atoms with Crippen LogP contribution in [-0.2, 0) is 0 Å². The van der Waals surface area contributed by atoms with E-state index in [9.17, 15) is 4.39 Å². The molecule has 1 unspecified atom stereocenters. The third-order valence-electron chi connectivity index (χ3n) is 3.35. The summed E-state index contributed by atoms with van der Waals surface area (Å²) in [6.07, 6.45) is 0. The second-order valence-corrected chi connectivity index (χ2v) is 6.22. The molecule has 0 spiro atoms. The maximum absolute atomic E-state index is 13.2. The maximum Gasteiger partial charge on any atom is 0.124 e. The molecule has 0 amide bonds. The molecule has 0 saturated carbocycles. The van der Waals surface area contributed by atoms with E-state index >= 15 is 0 Å². The maximum atomic E-state index is 13.2. The highest BCUT2D eigenvalue weighted by Gasteiger charge is 2.14. The van der Waals surface area contributed by atoms with Crippen molar-refractivity contribution in [1.82, 2.24) is 0 Å². The lowest BCUT2D eigenvalue weighted by Gasteiger charge is -2.21. The van der Waals surface area contributed by atoms with E-state index in [1.165, 1.54) is 12.1 Å². The molecule has 0 heterocycles. The number of nitrogens with two attached hydrogens (primary N) is 1. The van der Waals surface area contributed by atoms with Gasteiger partial charge in [0.2, 0.25) is 0 Å². The molecule has 0 aliphatic rings. The number of halogens is 3. The first-order chi connectivity index (χ1) is 9.92. The number of benzene rings is 2. The van der Waals surface area contributed by atoms with Gasteiger partial charge in [-0.05, 0) is 54.8 Å². The monoisotopic (exact) mass is 370 g/mol. The summed E-state index contributed by atoms with van der Waals surface area (Å²) in [4.78, 5) is 0. The smallest absolute Gasteiger partial charge is 0.124 e. The van der Waals surface area contributed by atoms with Crippen LogP contribution < -0.4 is 11.1 Å². The Balaban J connectivity index is 2.31. The third-order valence-corrected chi connectivity index (χ3v) is 4.93. The van der Waals surface area contributed by atoms with Gasteiger partial charge >= 0.3 is 0 Å². The highest BCUT2D eigenvalue weighted by atomic mass is 79.9. The van der Waals surface area contributed by atoms with Crippen molar-refractivity contribution in [2.75, 3.05) is 11.9 Å². The van der Waals surface area contributed by atoms with Crippen molar-refractivity contribution in [1.29, 1.82) is 0 Å². The van der Waals surface area contributed by atoms with E-state index in [2.05, 4.69) is 21.2 Å². The topological polar surface area (TPSA) is 38.0 Å². The van der Waals surface area contributed by atoms with E-state index in [4.69, 9.17) is 17.3 Å². The summed E-state index contributed by atoms with van der Waals surface area (Å²) in [5.74, 6) is -0.352. The molecule has 2 aromatic carbocycles. The predicted octanol–water partition coefficient (Wildman–Crippen LogP) is 4.97. The zero-order valence-corrected chi connectivity index (χ0v) is 14.2. The van der Waals surface area contributed by atoms with E-state index in [1.807, 2.05) is 26.0 Å². The Morgan fingerprint density at radius 3 is 2.38 bits per heavy atom. The Hall–Kier alpha value is -1.10. The minimum atomic E-state index is -0.352. The normalized spacial score (nSPS) is 12.3. The van der Waals surface area contributed by atoms with Crippen molar-refractivity contribution in [3.8, 4) is 0 Å². The largest absolute Gasteiger partial charge is 0.377 e. The van der Waals surface area contributed by atoms with Crippen molar-refractivity contribution in [3.05, 3.63) is 62.3 Å². The van der Waals surface area contributed by atoms with Crippen molar-refractivity contribution in [2.45, 2.75) is 19.9 Å². The summed E-state index contributed by atoms with van der Waals surface area (Å²) in [5, 5.41) is 3.74. The SMILES string of the molecule is Cc1cc(NC(CN)c2ccc(F)cc2Cl)cc(C)c1Br. The number of aryl methyl sites for hydroxylation is 2. The van der Waals surface area contributed by atoms with Gasteiger partial charge in [-0.1, -0.05) is 33.6 Å². The minimum absolute atomic E-state index is 0.168. The van der Waals surface area contributed by atoms with Crippen LogP contribution in [0.1, 0.15) is 22.7 Å². The Morgan fingerprint density at radius 2 is 1.86 bits per heavy atom. The third kappa shape index (κ3) is 3.76. The van der Waals surface area contributed by atoms with Gasteiger partial charge in [-0.3, -0.25) is 0 Å². The lowest BCUT2D eigenvalue weighted by atomic mass is 10.1. The summed E-state index contributed by atoms with van der Waals surface area (Å²) in [6, 6.07) is 8.27. The van der Waals surface area contributed by atoms with Crippen LogP contribution in [0.2, 0.25) is 5.02 Å². The lowest BCUT2D eigenvalue weighted by molar-refractivity contribution is 0.626. The van der Waals surface area contributed by atoms with Crippen LogP contribution in [0, 0.1) is 19.7 Å². The fourth-order valence-electron chi connectivity index (χ4n) is 2.28.